The Hall–Kier alpha value is -4.10. The molecule has 2 heterocycles. The van der Waals surface area contributed by atoms with Crippen LogP contribution >= 0.6 is 11.6 Å². The molecule has 0 saturated heterocycles. The Morgan fingerprint density at radius 3 is 2.60 bits per heavy atom. The number of H-pyrrole nitrogens is 1. The normalized spacial score (nSPS) is 14.7. The summed E-state index contributed by atoms with van der Waals surface area (Å²) in [7, 11) is 1.55. The van der Waals surface area contributed by atoms with Crippen LogP contribution in [0.3, 0.4) is 0 Å². The van der Waals surface area contributed by atoms with E-state index in [1.807, 2.05) is 54.6 Å². The minimum atomic E-state index is -0.476. The lowest BCUT2D eigenvalue weighted by molar-refractivity contribution is -0.116. The van der Waals surface area contributed by atoms with Gasteiger partial charge in [-0.2, -0.15) is 0 Å². The third kappa shape index (κ3) is 4.76. The summed E-state index contributed by atoms with van der Waals surface area (Å²) in [5.74, 6) is 1.04. The summed E-state index contributed by atoms with van der Waals surface area (Å²) in [6, 6.07) is 22.1. The van der Waals surface area contributed by atoms with Crippen molar-refractivity contribution in [3.05, 3.63) is 105 Å². The molecule has 7 nitrogen and oxygen atoms in total. The SMILES string of the molecule is COc1cc(C2CC(=O)Nc3nc(-c4ccccc4)[nH]c(=O)c32)ccc1OCc1cccc(Cl)c1. The Morgan fingerprint density at radius 2 is 1.83 bits per heavy atom. The van der Waals surface area contributed by atoms with E-state index < -0.39 is 5.92 Å². The Bertz CT molecular complexity index is 1450. The summed E-state index contributed by atoms with van der Waals surface area (Å²) in [6.45, 7) is 0.316. The quantitative estimate of drug-likeness (QED) is 0.392. The monoisotopic (exact) mass is 487 g/mol. The van der Waals surface area contributed by atoms with Crippen molar-refractivity contribution in [2.75, 3.05) is 12.4 Å². The van der Waals surface area contributed by atoms with Gasteiger partial charge in [-0.3, -0.25) is 9.59 Å². The lowest BCUT2D eigenvalue weighted by Gasteiger charge is -2.25. The van der Waals surface area contributed by atoms with Gasteiger partial charge < -0.3 is 19.8 Å². The zero-order valence-electron chi connectivity index (χ0n) is 18.9. The molecule has 2 N–H and O–H groups in total. The van der Waals surface area contributed by atoms with Gasteiger partial charge in [0.05, 0.1) is 12.7 Å². The lowest BCUT2D eigenvalue weighted by atomic mass is 9.86. The van der Waals surface area contributed by atoms with E-state index in [0.29, 0.717) is 34.5 Å². The Labute approximate surface area is 206 Å². The van der Waals surface area contributed by atoms with Crippen LogP contribution in [-0.4, -0.2) is 23.0 Å². The van der Waals surface area contributed by atoms with Gasteiger partial charge in [0.2, 0.25) is 5.91 Å². The minimum absolute atomic E-state index is 0.119. The van der Waals surface area contributed by atoms with Crippen molar-refractivity contribution in [1.29, 1.82) is 0 Å². The molecule has 1 atom stereocenters. The number of hydrogen-bond donors (Lipinski definition) is 2. The third-order valence-corrected chi connectivity index (χ3v) is 6.11. The molecule has 0 radical (unpaired) electrons. The fourth-order valence-corrected chi connectivity index (χ4v) is 4.41. The van der Waals surface area contributed by atoms with Crippen molar-refractivity contribution in [3.8, 4) is 22.9 Å². The van der Waals surface area contributed by atoms with Crippen LogP contribution < -0.4 is 20.3 Å². The minimum Gasteiger partial charge on any atom is -0.493 e. The highest BCUT2D eigenvalue weighted by molar-refractivity contribution is 6.30. The molecule has 0 bridgehead atoms. The smallest absolute Gasteiger partial charge is 0.257 e. The van der Waals surface area contributed by atoms with Crippen LogP contribution in [0, 0.1) is 0 Å². The summed E-state index contributed by atoms with van der Waals surface area (Å²) in [5, 5.41) is 3.39. The van der Waals surface area contributed by atoms with Crippen LogP contribution in [0.25, 0.3) is 11.4 Å². The second-order valence-electron chi connectivity index (χ2n) is 8.18. The van der Waals surface area contributed by atoms with Crippen LogP contribution in [-0.2, 0) is 11.4 Å². The zero-order valence-corrected chi connectivity index (χ0v) is 19.6. The molecule has 0 fully saturated rings. The molecule has 35 heavy (non-hydrogen) atoms. The molecule has 8 heteroatoms. The average Bonchev–Trinajstić information content (AvgIpc) is 2.87. The maximum atomic E-state index is 13.1. The number of aromatic amines is 1. The molecular formula is C27H22ClN3O4. The average molecular weight is 488 g/mol. The number of anilines is 1. The second kappa shape index (κ2) is 9.64. The number of nitrogens with one attached hydrogen (secondary N) is 2. The van der Waals surface area contributed by atoms with Gasteiger partial charge in [0.25, 0.3) is 5.56 Å². The van der Waals surface area contributed by atoms with Crippen LogP contribution in [0.15, 0.2) is 77.6 Å². The first-order chi connectivity index (χ1) is 17.0. The van der Waals surface area contributed by atoms with Crippen molar-refractivity contribution in [2.24, 2.45) is 0 Å². The van der Waals surface area contributed by atoms with Gasteiger partial charge >= 0.3 is 0 Å². The van der Waals surface area contributed by atoms with E-state index in [9.17, 15) is 9.59 Å². The fraction of sp³-hybridized carbons (Fsp3) is 0.148. The van der Waals surface area contributed by atoms with Crippen LogP contribution in [0.2, 0.25) is 5.02 Å². The molecule has 1 aliphatic rings. The number of amides is 1. The maximum Gasteiger partial charge on any atom is 0.257 e. The molecular weight excluding hydrogens is 466 g/mol. The molecule has 1 aromatic heterocycles. The zero-order chi connectivity index (χ0) is 24.4. The third-order valence-electron chi connectivity index (χ3n) is 5.87. The van der Waals surface area contributed by atoms with Crippen LogP contribution in [0.4, 0.5) is 5.82 Å². The van der Waals surface area contributed by atoms with Crippen molar-refractivity contribution >= 4 is 23.3 Å². The number of ether oxygens (including phenoxy) is 2. The van der Waals surface area contributed by atoms with Gasteiger partial charge in [0, 0.05) is 22.9 Å². The van der Waals surface area contributed by atoms with Crippen molar-refractivity contribution in [2.45, 2.75) is 18.9 Å². The maximum absolute atomic E-state index is 13.1. The van der Waals surface area contributed by atoms with E-state index in [1.165, 1.54) is 0 Å². The first-order valence-corrected chi connectivity index (χ1v) is 11.4. The van der Waals surface area contributed by atoms with Gasteiger partial charge in [-0.15, -0.1) is 0 Å². The van der Waals surface area contributed by atoms with Crippen molar-refractivity contribution in [1.82, 2.24) is 9.97 Å². The summed E-state index contributed by atoms with van der Waals surface area (Å²) >= 11 is 6.06. The summed E-state index contributed by atoms with van der Waals surface area (Å²) in [5.41, 5.74) is 2.56. The number of methoxy groups -OCH3 is 1. The van der Waals surface area contributed by atoms with E-state index >= 15 is 0 Å². The van der Waals surface area contributed by atoms with E-state index in [0.717, 1.165) is 16.7 Å². The van der Waals surface area contributed by atoms with Crippen molar-refractivity contribution < 1.29 is 14.3 Å². The highest BCUT2D eigenvalue weighted by Gasteiger charge is 2.31. The van der Waals surface area contributed by atoms with Crippen LogP contribution in [0.5, 0.6) is 11.5 Å². The highest BCUT2D eigenvalue weighted by Crippen LogP contribution is 2.38. The second-order valence-corrected chi connectivity index (χ2v) is 8.61. The number of halogens is 1. The lowest BCUT2D eigenvalue weighted by Crippen LogP contribution is -2.31. The largest absolute Gasteiger partial charge is 0.493 e. The molecule has 1 amide bonds. The summed E-state index contributed by atoms with van der Waals surface area (Å²) in [6.07, 6.45) is 0.119. The topological polar surface area (TPSA) is 93.3 Å². The molecule has 5 rings (SSSR count). The molecule has 1 aliphatic heterocycles. The number of fused-ring (bicyclic) bond motifs is 1. The van der Waals surface area contributed by atoms with Gasteiger partial charge in [0.15, 0.2) is 11.5 Å². The van der Waals surface area contributed by atoms with Crippen LogP contribution in [0.1, 0.15) is 29.0 Å². The van der Waals surface area contributed by atoms with E-state index in [-0.39, 0.29) is 23.7 Å². The Balaban J connectivity index is 1.47. The van der Waals surface area contributed by atoms with E-state index in [1.54, 1.807) is 25.3 Å². The van der Waals surface area contributed by atoms with Gasteiger partial charge in [-0.1, -0.05) is 60.1 Å². The molecule has 4 aromatic rings. The predicted octanol–water partition coefficient (Wildman–Crippen LogP) is 5.15. The number of rotatable bonds is 6. The van der Waals surface area contributed by atoms with Gasteiger partial charge in [0.1, 0.15) is 18.2 Å². The van der Waals surface area contributed by atoms with Gasteiger partial charge in [-0.25, -0.2) is 4.98 Å². The Morgan fingerprint density at radius 1 is 1.00 bits per heavy atom. The van der Waals surface area contributed by atoms with Crippen molar-refractivity contribution in [3.63, 3.8) is 0 Å². The van der Waals surface area contributed by atoms with Gasteiger partial charge in [-0.05, 0) is 35.4 Å². The molecule has 3 aromatic carbocycles. The number of nitrogens with zero attached hydrogens (tertiary/aromatic N) is 1. The fourth-order valence-electron chi connectivity index (χ4n) is 4.20. The molecule has 0 aliphatic carbocycles. The number of benzene rings is 3. The number of carbonyl (C=O) groups is 1. The first kappa shape index (κ1) is 22.7. The molecule has 176 valence electrons. The molecule has 0 spiro atoms. The number of hydrogen-bond acceptors (Lipinski definition) is 5. The van der Waals surface area contributed by atoms with E-state index in [4.69, 9.17) is 21.1 Å². The summed E-state index contributed by atoms with van der Waals surface area (Å²) in [4.78, 5) is 33.1. The molecule has 1 unspecified atom stereocenters. The summed E-state index contributed by atoms with van der Waals surface area (Å²) < 4.78 is 11.5. The standard InChI is InChI=1S/C27H22ClN3O4/c1-34-22-13-18(10-11-21(22)35-15-16-6-5-9-19(28)12-16)20-14-23(32)29-26-24(20)27(33)31-25(30-26)17-7-3-2-4-8-17/h2-13,20H,14-15H2,1H3,(H2,29,30,31,32,33). The van der Waals surface area contributed by atoms with E-state index in [2.05, 4.69) is 15.3 Å². The first-order valence-electron chi connectivity index (χ1n) is 11.1. The molecule has 0 saturated carbocycles. The number of carbonyl (C=O) groups excluding carboxylic acids is 1. The Kier molecular flexibility index (Phi) is 6.25. The predicted molar refractivity (Wildman–Crippen MR) is 134 cm³/mol. The number of aromatic nitrogens is 2. The highest BCUT2D eigenvalue weighted by atomic mass is 35.5.